The zero-order valence-corrected chi connectivity index (χ0v) is 11.6. The Morgan fingerprint density at radius 3 is 2.35 bits per heavy atom. The minimum Gasteiger partial charge on any atom is -0.496 e. The smallest absolute Gasteiger partial charge is 0.255 e. The van der Waals surface area contributed by atoms with Crippen LogP contribution in [0.4, 0.5) is 0 Å². The lowest BCUT2D eigenvalue weighted by atomic mass is 9.97. The highest BCUT2D eigenvalue weighted by molar-refractivity contribution is 6.06. The summed E-state index contributed by atoms with van der Waals surface area (Å²) in [7, 11) is 3.26. The van der Waals surface area contributed by atoms with Gasteiger partial charge in [0.1, 0.15) is 11.5 Å². The zero-order chi connectivity index (χ0) is 14.3. The van der Waals surface area contributed by atoms with Crippen LogP contribution in [-0.4, -0.2) is 19.2 Å². The SMILES string of the molecule is COc1ccc(OC)c2c(C)c3cc[nH]c(=O)c3cc12. The molecular formula is C16H15NO3. The Balaban J connectivity index is 2.62. The standard InChI is InChI=1S/C16H15NO3/c1-9-10-6-7-17-16(18)11(10)8-12-13(19-2)4-5-14(20-3)15(9)12/h4-8H,1-3H3,(H,17,18). The van der Waals surface area contributed by atoms with Gasteiger partial charge in [-0.25, -0.2) is 0 Å². The molecule has 0 saturated carbocycles. The molecule has 4 nitrogen and oxygen atoms in total. The summed E-state index contributed by atoms with van der Waals surface area (Å²) >= 11 is 0. The van der Waals surface area contributed by atoms with Gasteiger partial charge in [-0.3, -0.25) is 4.79 Å². The van der Waals surface area contributed by atoms with E-state index < -0.39 is 0 Å². The van der Waals surface area contributed by atoms with Gasteiger partial charge in [0, 0.05) is 22.4 Å². The molecule has 0 fully saturated rings. The first-order valence-corrected chi connectivity index (χ1v) is 6.33. The third-order valence-corrected chi connectivity index (χ3v) is 3.67. The van der Waals surface area contributed by atoms with Gasteiger partial charge < -0.3 is 14.5 Å². The minimum absolute atomic E-state index is 0.0997. The van der Waals surface area contributed by atoms with E-state index >= 15 is 0 Å². The van der Waals surface area contributed by atoms with Gasteiger partial charge in [-0.2, -0.15) is 0 Å². The number of fused-ring (bicyclic) bond motifs is 2. The molecule has 3 aromatic rings. The average molecular weight is 269 g/mol. The van der Waals surface area contributed by atoms with Crippen LogP contribution in [0.3, 0.4) is 0 Å². The number of rotatable bonds is 2. The van der Waals surface area contributed by atoms with Crippen LogP contribution in [-0.2, 0) is 0 Å². The number of hydrogen-bond acceptors (Lipinski definition) is 3. The monoisotopic (exact) mass is 269 g/mol. The second-order valence-corrected chi connectivity index (χ2v) is 4.66. The molecular weight excluding hydrogens is 254 g/mol. The highest BCUT2D eigenvalue weighted by atomic mass is 16.5. The number of aryl methyl sites for hydroxylation is 1. The maximum Gasteiger partial charge on any atom is 0.255 e. The van der Waals surface area contributed by atoms with Crippen LogP contribution in [0.5, 0.6) is 11.5 Å². The second kappa shape index (κ2) is 4.56. The fourth-order valence-electron chi connectivity index (χ4n) is 2.70. The van der Waals surface area contributed by atoms with Crippen molar-refractivity contribution < 1.29 is 9.47 Å². The van der Waals surface area contributed by atoms with Gasteiger partial charge in [0.15, 0.2) is 0 Å². The molecule has 1 heterocycles. The number of nitrogens with one attached hydrogen (secondary N) is 1. The second-order valence-electron chi connectivity index (χ2n) is 4.66. The lowest BCUT2D eigenvalue weighted by Crippen LogP contribution is -2.05. The molecule has 0 unspecified atom stereocenters. The van der Waals surface area contributed by atoms with Gasteiger partial charge >= 0.3 is 0 Å². The van der Waals surface area contributed by atoms with Crippen molar-refractivity contribution in [1.29, 1.82) is 0 Å². The molecule has 3 rings (SSSR count). The summed E-state index contributed by atoms with van der Waals surface area (Å²) in [5.41, 5.74) is 0.914. The van der Waals surface area contributed by atoms with Crippen molar-refractivity contribution >= 4 is 21.5 Å². The predicted octanol–water partition coefficient (Wildman–Crippen LogP) is 3.01. The molecule has 20 heavy (non-hydrogen) atoms. The summed E-state index contributed by atoms with van der Waals surface area (Å²) in [6.45, 7) is 1.99. The van der Waals surface area contributed by atoms with Gasteiger partial charge in [0.05, 0.1) is 14.2 Å². The lowest BCUT2D eigenvalue weighted by molar-refractivity contribution is 0.410. The lowest BCUT2D eigenvalue weighted by Gasteiger charge is -2.13. The maximum absolute atomic E-state index is 12.0. The quantitative estimate of drug-likeness (QED) is 0.728. The Labute approximate surface area is 115 Å². The van der Waals surface area contributed by atoms with Crippen molar-refractivity contribution in [3.8, 4) is 11.5 Å². The van der Waals surface area contributed by atoms with Gasteiger partial charge in [0.25, 0.3) is 5.56 Å². The zero-order valence-electron chi connectivity index (χ0n) is 11.6. The van der Waals surface area contributed by atoms with Crippen molar-refractivity contribution in [2.75, 3.05) is 14.2 Å². The first kappa shape index (κ1) is 12.5. The number of ether oxygens (including phenoxy) is 2. The fraction of sp³-hybridized carbons (Fsp3) is 0.188. The number of methoxy groups -OCH3 is 2. The van der Waals surface area contributed by atoms with Gasteiger partial charge in [-0.15, -0.1) is 0 Å². The highest BCUT2D eigenvalue weighted by Gasteiger charge is 2.13. The number of aromatic nitrogens is 1. The summed E-state index contributed by atoms with van der Waals surface area (Å²) in [6, 6.07) is 7.50. The van der Waals surface area contributed by atoms with Crippen LogP contribution < -0.4 is 15.0 Å². The van der Waals surface area contributed by atoms with Gasteiger partial charge in [-0.1, -0.05) is 0 Å². The van der Waals surface area contributed by atoms with Crippen molar-refractivity contribution in [2.45, 2.75) is 6.92 Å². The molecule has 0 aliphatic carbocycles. The topological polar surface area (TPSA) is 51.3 Å². The van der Waals surface area contributed by atoms with Crippen molar-refractivity contribution in [3.05, 3.63) is 46.4 Å². The van der Waals surface area contributed by atoms with Crippen LogP contribution in [0.15, 0.2) is 35.3 Å². The van der Waals surface area contributed by atoms with Gasteiger partial charge in [0.2, 0.25) is 0 Å². The molecule has 0 amide bonds. The Hall–Kier alpha value is -2.49. The Bertz CT molecular complexity index is 865. The first-order chi connectivity index (χ1) is 9.67. The summed E-state index contributed by atoms with van der Waals surface area (Å²) < 4.78 is 10.8. The predicted molar refractivity (Wildman–Crippen MR) is 79.9 cm³/mol. The molecule has 0 aliphatic heterocycles. The van der Waals surface area contributed by atoms with E-state index in [0.29, 0.717) is 5.39 Å². The molecule has 102 valence electrons. The van der Waals surface area contributed by atoms with E-state index in [9.17, 15) is 4.79 Å². The molecule has 0 aliphatic rings. The van der Waals surface area contributed by atoms with Crippen LogP contribution in [0.25, 0.3) is 21.5 Å². The van der Waals surface area contributed by atoms with Crippen molar-refractivity contribution in [2.24, 2.45) is 0 Å². The minimum atomic E-state index is -0.0997. The van der Waals surface area contributed by atoms with Crippen LogP contribution in [0, 0.1) is 6.92 Å². The largest absolute Gasteiger partial charge is 0.496 e. The Morgan fingerprint density at radius 2 is 1.65 bits per heavy atom. The number of aromatic amines is 1. The van der Waals surface area contributed by atoms with E-state index in [4.69, 9.17) is 9.47 Å². The van der Waals surface area contributed by atoms with Crippen LogP contribution in [0.2, 0.25) is 0 Å². The Morgan fingerprint density at radius 1 is 0.950 bits per heavy atom. The molecule has 0 saturated heterocycles. The first-order valence-electron chi connectivity index (χ1n) is 6.33. The van der Waals surface area contributed by atoms with E-state index in [1.165, 1.54) is 0 Å². The number of benzene rings is 2. The average Bonchev–Trinajstić information content (AvgIpc) is 2.47. The molecule has 1 aromatic heterocycles. The summed E-state index contributed by atoms with van der Waals surface area (Å²) in [6.07, 6.45) is 1.66. The number of H-pyrrole nitrogens is 1. The third-order valence-electron chi connectivity index (χ3n) is 3.67. The van der Waals surface area contributed by atoms with E-state index in [0.717, 1.165) is 33.2 Å². The molecule has 1 N–H and O–H groups in total. The summed E-state index contributed by atoms with van der Waals surface area (Å²) in [4.78, 5) is 14.7. The fourth-order valence-corrected chi connectivity index (χ4v) is 2.70. The van der Waals surface area contributed by atoms with Crippen LogP contribution in [0.1, 0.15) is 5.56 Å². The number of pyridine rings is 1. The highest BCUT2D eigenvalue weighted by Crippen LogP contribution is 2.38. The van der Waals surface area contributed by atoms with Gasteiger partial charge in [-0.05, 0) is 42.1 Å². The molecule has 0 radical (unpaired) electrons. The van der Waals surface area contributed by atoms with E-state index in [1.807, 2.05) is 31.2 Å². The summed E-state index contributed by atoms with van der Waals surface area (Å²) in [5.74, 6) is 1.51. The summed E-state index contributed by atoms with van der Waals surface area (Å²) in [5, 5.41) is 3.44. The van der Waals surface area contributed by atoms with E-state index in [-0.39, 0.29) is 5.56 Å². The molecule has 2 aromatic carbocycles. The number of hydrogen-bond donors (Lipinski definition) is 1. The maximum atomic E-state index is 12.0. The van der Waals surface area contributed by atoms with Crippen LogP contribution >= 0.6 is 0 Å². The van der Waals surface area contributed by atoms with E-state index in [1.54, 1.807) is 20.4 Å². The third kappa shape index (κ3) is 1.65. The van der Waals surface area contributed by atoms with Crippen molar-refractivity contribution in [3.63, 3.8) is 0 Å². The van der Waals surface area contributed by atoms with Crippen molar-refractivity contribution in [1.82, 2.24) is 4.98 Å². The molecule has 0 spiro atoms. The normalized spacial score (nSPS) is 10.9. The molecule has 0 atom stereocenters. The Kier molecular flexibility index (Phi) is 2.86. The molecule has 4 heteroatoms. The van der Waals surface area contributed by atoms with E-state index in [2.05, 4.69) is 4.98 Å². The molecule has 0 bridgehead atoms.